The number of ether oxygens (including phenoxy) is 1. The summed E-state index contributed by atoms with van der Waals surface area (Å²) in [6.45, 7) is -1.55. The van der Waals surface area contributed by atoms with Crippen molar-refractivity contribution in [3.8, 4) is 0 Å². The van der Waals surface area contributed by atoms with E-state index in [4.69, 9.17) is 21.3 Å². The topological polar surface area (TPSA) is 217 Å². The Morgan fingerprint density at radius 1 is 1.32 bits per heavy atom. The van der Waals surface area contributed by atoms with E-state index in [9.17, 15) is 35.1 Å². The van der Waals surface area contributed by atoms with Gasteiger partial charge in [0.25, 0.3) is 0 Å². The van der Waals surface area contributed by atoms with E-state index in [1.165, 1.54) is 0 Å². The van der Waals surface area contributed by atoms with Crippen molar-refractivity contribution in [2.24, 2.45) is 11.5 Å². The largest absolute Gasteiger partial charge is 0.480 e. The number of carboxylic acid groups (broad SMARTS) is 1. The maximum Gasteiger partial charge on any atom is 0.331 e. The molecule has 0 unspecified atom stereocenters. The summed E-state index contributed by atoms with van der Waals surface area (Å²) in [4.78, 5) is 23.2. The number of hydrogen-bond donors (Lipinski definition) is 8. The van der Waals surface area contributed by atoms with Crippen molar-refractivity contribution in [2.75, 3.05) is 13.2 Å². The number of carbonyl (C=O) groups is 2. The average molecular weight is 324 g/mol. The first-order valence-electron chi connectivity index (χ1n) is 6.24. The molecule has 0 radical (unpaired) electrons. The molecule has 1 fully saturated rings. The van der Waals surface area contributed by atoms with Gasteiger partial charge in [0, 0.05) is 0 Å². The van der Waals surface area contributed by atoms with E-state index in [1.54, 1.807) is 0 Å². The van der Waals surface area contributed by atoms with E-state index in [1.807, 2.05) is 0 Å². The zero-order valence-electron chi connectivity index (χ0n) is 11.7. The number of hydrogen-bond acceptors (Lipinski definition) is 10. The second kappa shape index (κ2) is 5.79. The van der Waals surface area contributed by atoms with E-state index >= 15 is 0 Å². The van der Waals surface area contributed by atoms with Crippen LogP contribution in [0.3, 0.4) is 0 Å². The molecule has 0 amide bonds. The van der Waals surface area contributed by atoms with Crippen LogP contribution < -0.4 is 11.5 Å². The lowest BCUT2D eigenvalue weighted by atomic mass is 9.67. The van der Waals surface area contributed by atoms with E-state index in [0.29, 0.717) is 0 Å². The number of aliphatic hydroxyl groups is 5. The van der Waals surface area contributed by atoms with E-state index in [2.05, 4.69) is 0 Å². The van der Waals surface area contributed by atoms with Gasteiger partial charge in [-0.25, -0.2) is 4.79 Å². The fraction of sp³-hybridized carbons (Fsp3) is 0.818. The van der Waals surface area contributed by atoms with Gasteiger partial charge in [-0.3, -0.25) is 4.79 Å². The smallest absolute Gasteiger partial charge is 0.331 e. The summed E-state index contributed by atoms with van der Waals surface area (Å²) >= 11 is 0. The maximum atomic E-state index is 11.8. The van der Waals surface area contributed by atoms with Gasteiger partial charge in [0.05, 0.1) is 13.2 Å². The van der Waals surface area contributed by atoms with Crippen molar-refractivity contribution in [3.63, 3.8) is 0 Å². The molecule has 1 rings (SSSR count). The summed E-state index contributed by atoms with van der Waals surface area (Å²) in [5.41, 5.74) is 5.24. The summed E-state index contributed by atoms with van der Waals surface area (Å²) in [6.07, 6.45) is -5.81. The summed E-state index contributed by atoms with van der Waals surface area (Å²) in [5, 5.41) is 58.1. The maximum absolute atomic E-state index is 11.8. The molecule has 11 heteroatoms. The molecule has 0 aromatic heterocycles. The number of aliphatic carboxylic acids is 1. The summed E-state index contributed by atoms with van der Waals surface area (Å²) in [5.74, 6) is -6.44. The third kappa shape index (κ3) is 2.14. The van der Waals surface area contributed by atoms with Crippen molar-refractivity contribution >= 4 is 11.8 Å². The Bertz CT molecular complexity index is 474. The van der Waals surface area contributed by atoms with Crippen LogP contribution in [0.15, 0.2) is 0 Å². The van der Waals surface area contributed by atoms with Gasteiger partial charge in [0.2, 0.25) is 5.79 Å². The van der Waals surface area contributed by atoms with Gasteiger partial charge in [0.1, 0.15) is 18.3 Å². The molecule has 0 aromatic carbocycles. The van der Waals surface area contributed by atoms with Crippen LogP contribution >= 0.6 is 0 Å². The molecule has 0 aromatic rings. The van der Waals surface area contributed by atoms with Gasteiger partial charge in [-0.2, -0.15) is 0 Å². The van der Waals surface area contributed by atoms with Gasteiger partial charge < -0.3 is 46.8 Å². The van der Waals surface area contributed by atoms with E-state index < -0.39 is 60.1 Å². The first-order chi connectivity index (χ1) is 9.93. The molecule has 1 aliphatic heterocycles. The minimum Gasteiger partial charge on any atom is -0.480 e. The first-order valence-corrected chi connectivity index (χ1v) is 6.24. The highest BCUT2D eigenvalue weighted by Gasteiger charge is 2.73. The van der Waals surface area contributed by atoms with Crippen LogP contribution in [-0.4, -0.2) is 90.8 Å². The number of nitrogens with two attached hydrogens (primary N) is 2. The number of carboxylic acids is 1. The second-order valence-corrected chi connectivity index (χ2v) is 5.28. The summed E-state index contributed by atoms with van der Waals surface area (Å²) in [7, 11) is 0. The Labute approximate surface area is 124 Å². The van der Waals surface area contributed by atoms with Crippen LogP contribution in [0.4, 0.5) is 0 Å². The number of rotatable bonds is 5. The third-order valence-corrected chi connectivity index (χ3v) is 4.05. The molecule has 1 aliphatic rings. The molecule has 0 aliphatic carbocycles. The standard InChI is InChI=1S/C11H20N2O9/c1-4(16)10(13)7(18)6(17)5(2-14)22-11(10,21)9(12,3-15)8(19)20/h5-7,14-15,17-18,21H,2-3,12-13H2,1H3,(H,19,20)/t5-,6-,7+,9+,10-,11-/m1/s1. The SMILES string of the molecule is CC(=O)[C@@]1(N)[C@@H](O)[C@H](O)[C@@H](CO)O[C@]1(O)[C@](N)(CO)C(=O)O. The van der Waals surface area contributed by atoms with Crippen LogP contribution in [0.2, 0.25) is 0 Å². The number of ketones is 1. The van der Waals surface area contributed by atoms with Crippen molar-refractivity contribution in [1.29, 1.82) is 0 Å². The number of Topliss-reactive ketones (excluding diaryl/α,β-unsaturated/α-hetero) is 1. The highest BCUT2D eigenvalue weighted by atomic mass is 16.7. The Morgan fingerprint density at radius 3 is 2.14 bits per heavy atom. The van der Waals surface area contributed by atoms with Crippen LogP contribution in [0.5, 0.6) is 0 Å². The van der Waals surface area contributed by atoms with Crippen molar-refractivity contribution in [2.45, 2.75) is 42.1 Å². The van der Waals surface area contributed by atoms with Gasteiger partial charge >= 0.3 is 5.97 Å². The van der Waals surface area contributed by atoms with Crippen LogP contribution in [0, 0.1) is 0 Å². The molecule has 1 heterocycles. The lowest BCUT2D eigenvalue weighted by molar-refractivity contribution is -0.356. The monoisotopic (exact) mass is 324 g/mol. The van der Waals surface area contributed by atoms with Crippen molar-refractivity contribution in [3.05, 3.63) is 0 Å². The highest BCUT2D eigenvalue weighted by Crippen LogP contribution is 2.41. The molecule has 128 valence electrons. The number of carbonyl (C=O) groups excluding carboxylic acids is 1. The zero-order chi connectivity index (χ0) is 17.5. The average Bonchev–Trinajstić information content (AvgIpc) is 2.47. The quantitative estimate of drug-likeness (QED) is 0.239. The van der Waals surface area contributed by atoms with Crippen LogP contribution in [-0.2, 0) is 14.3 Å². The second-order valence-electron chi connectivity index (χ2n) is 5.28. The molecule has 0 bridgehead atoms. The fourth-order valence-corrected chi connectivity index (χ4v) is 2.45. The third-order valence-electron chi connectivity index (χ3n) is 4.05. The molecule has 0 saturated carbocycles. The Kier molecular flexibility index (Phi) is 4.97. The van der Waals surface area contributed by atoms with Gasteiger partial charge in [-0.1, -0.05) is 0 Å². The predicted molar refractivity (Wildman–Crippen MR) is 68.2 cm³/mol. The van der Waals surface area contributed by atoms with Crippen LogP contribution in [0.1, 0.15) is 6.92 Å². The highest BCUT2D eigenvalue weighted by molar-refractivity contribution is 5.91. The van der Waals surface area contributed by atoms with Crippen molar-refractivity contribution < 1.29 is 45.0 Å². The summed E-state index contributed by atoms with van der Waals surface area (Å²) < 4.78 is 4.88. The van der Waals surface area contributed by atoms with E-state index in [0.717, 1.165) is 6.92 Å². The van der Waals surface area contributed by atoms with Crippen molar-refractivity contribution in [1.82, 2.24) is 0 Å². The molecule has 22 heavy (non-hydrogen) atoms. The summed E-state index contributed by atoms with van der Waals surface area (Å²) in [6, 6.07) is 0. The van der Waals surface area contributed by atoms with Gasteiger partial charge in [-0.05, 0) is 6.92 Å². The fourth-order valence-electron chi connectivity index (χ4n) is 2.45. The Hall–Kier alpha value is -1.18. The number of aliphatic hydroxyl groups excluding tert-OH is 4. The molecule has 11 nitrogen and oxygen atoms in total. The minimum atomic E-state index is -3.31. The molecular formula is C11H20N2O9. The lowest BCUT2D eigenvalue weighted by Crippen LogP contribution is -2.89. The Morgan fingerprint density at radius 2 is 1.82 bits per heavy atom. The molecular weight excluding hydrogens is 304 g/mol. The van der Waals surface area contributed by atoms with Crippen LogP contribution in [0.25, 0.3) is 0 Å². The minimum absolute atomic E-state index is 0.809. The lowest BCUT2D eigenvalue weighted by Gasteiger charge is -2.56. The first kappa shape index (κ1) is 18.9. The normalized spacial score (nSPS) is 41.7. The molecule has 6 atom stereocenters. The van der Waals surface area contributed by atoms with E-state index in [-0.39, 0.29) is 0 Å². The molecule has 0 spiro atoms. The van der Waals surface area contributed by atoms with Gasteiger partial charge in [-0.15, -0.1) is 0 Å². The zero-order valence-corrected chi connectivity index (χ0v) is 11.7. The molecule has 1 saturated heterocycles. The predicted octanol–water partition coefficient (Wildman–Crippen LogP) is -5.15. The Balaban J connectivity index is 3.63. The van der Waals surface area contributed by atoms with Gasteiger partial charge in [0.15, 0.2) is 16.9 Å². The molecule has 10 N–H and O–H groups in total.